The number of pyridine rings is 1. The Labute approximate surface area is 84.0 Å². The molecular weight excluding hydrogens is 198 g/mol. The number of carbonyl (C=O) groups excluding carboxylic acids is 1. The maximum Gasteiger partial charge on any atom is 0.255 e. The topological polar surface area (TPSA) is 49.9 Å². The van der Waals surface area contributed by atoms with E-state index in [2.05, 4.69) is 4.98 Å². The maximum atomic E-state index is 11.4. The van der Waals surface area contributed by atoms with Crippen LogP contribution in [0, 0.1) is 0 Å². The van der Waals surface area contributed by atoms with E-state index in [0.29, 0.717) is 10.4 Å². The van der Waals surface area contributed by atoms with Gasteiger partial charge in [0.25, 0.3) is 5.56 Å². The number of hydrogen-bond acceptors (Lipinski definition) is 3. The maximum absolute atomic E-state index is 11.4. The van der Waals surface area contributed by atoms with Gasteiger partial charge in [0, 0.05) is 11.8 Å². The quantitative estimate of drug-likeness (QED) is 0.761. The number of carbonyl (C=O) groups is 1. The molecule has 2 aromatic rings. The summed E-state index contributed by atoms with van der Waals surface area (Å²) in [6.45, 7) is 0. The lowest BCUT2D eigenvalue weighted by Crippen LogP contribution is -2.06. The normalized spacial score (nSPS) is 10.0. The van der Waals surface area contributed by atoms with Crippen LogP contribution in [0.2, 0.25) is 0 Å². The van der Waals surface area contributed by atoms with Crippen LogP contribution in [0.1, 0.15) is 9.67 Å². The third kappa shape index (κ3) is 1.52. The second-order valence-electron chi connectivity index (χ2n) is 2.77. The summed E-state index contributed by atoms with van der Waals surface area (Å²) >= 11 is 1.33. The van der Waals surface area contributed by atoms with Gasteiger partial charge in [-0.05, 0) is 29.1 Å². The van der Waals surface area contributed by atoms with Crippen LogP contribution >= 0.6 is 11.3 Å². The van der Waals surface area contributed by atoms with Crippen molar-refractivity contribution in [3.05, 3.63) is 45.0 Å². The van der Waals surface area contributed by atoms with Crippen molar-refractivity contribution in [2.24, 2.45) is 0 Å². The van der Waals surface area contributed by atoms with Crippen LogP contribution in [0.5, 0.6) is 0 Å². The van der Waals surface area contributed by atoms with Crippen LogP contribution in [0.3, 0.4) is 0 Å². The van der Waals surface area contributed by atoms with Gasteiger partial charge in [0.2, 0.25) is 0 Å². The van der Waals surface area contributed by atoms with E-state index >= 15 is 0 Å². The lowest BCUT2D eigenvalue weighted by atomic mass is 10.1. The summed E-state index contributed by atoms with van der Waals surface area (Å²) in [5, 5.41) is 1.80. The van der Waals surface area contributed by atoms with Crippen molar-refractivity contribution >= 4 is 17.6 Å². The van der Waals surface area contributed by atoms with Gasteiger partial charge < -0.3 is 4.98 Å². The van der Waals surface area contributed by atoms with Crippen LogP contribution in [-0.4, -0.2) is 11.3 Å². The van der Waals surface area contributed by atoms with Gasteiger partial charge >= 0.3 is 0 Å². The molecule has 3 nitrogen and oxygen atoms in total. The van der Waals surface area contributed by atoms with Gasteiger partial charge in [0.1, 0.15) is 0 Å². The fourth-order valence-electron chi connectivity index (χ4n) is 1.20. The Morgan fingerprint density at radius 1 is 1.43 bits per heavy atom. The fourth-order valence-corrected chi connectivity index (χ4v) is 1.91. The third-order valence-electron chi connectivity index (χ3n) is 1.87. The molecule has 14 heavy (non-hydrogen) atoms. The molecule has 0 aliphatic carbocycles. The highest BCUT2D eigenvalue weighted by Gasteiger charge is 2.04. The average molecular weight is 205 g/mol. The second-order valence-corrected chi connectivity index (χ2v) is 3.71. The first-order valence-electron chi connectivity index (χ1n) is 4.03. The van der Waals surface area contributed by atoms with Gasteiger partial charge in [0.05, 0.1) is 4.88 Å². The molecule has 1 N–H and O–H groups in total. The standard InChI is InChI=1S/C10H7NO2S/c12-5-8-4-7(6-14-8)9-2-1-3-11-10(9)13/h1-6H,(H,11,13). The minimum absolute atomic E-state index is 0.136. The molecule has 0 unspecified atom stereocenters. The fraction of sp³-hybridized carbons (Fsp3) is 0. The molecule has 0 aliphatic rings. The summed E-state index contributed by atoms with van der Waals surface area (Å²) in [5.74, 6) is 0. The Hall–Kier alpha value is -1.68. The number of rotatable bonds is 2. The molecule has 2 aromatic heterocycles. The molecule has 0 amide bonds. The van der Waals surface area contributed by atoms with E-state index in [4.69, 9.17) is 0 Å². The number of aldehydes is 1. The van der Waals surface area contributed by atoms with Gasteiger partial charge in [-0.3, -0.25) is 9.59 Å². The minimum atomic E-state index is -0.136. The molecule has 0 radical (unpaired) electrons. The molecule has 0 saturated carbocycles. The molecule has 0 atom stereocenters. The van der Waals surface area contributed by atoms with Crippen LogP contribution in [0.15, 0.2) is 34.6 Å². The van der Waals surface area contributed by atoms with Crippen molar-refractivity contribution in [1.29, 1.82) is 0 Å². The summed E-state index contributed by atoms with van der Waals surface area (Å²) in [6, 6.07) is 5.20. The Balaban J connectivity index is 2.55. The van der Waals surface area contributed by atoms with Crippen molar-refractivity contribution in [2.45, 2.75) is 0 Å². The molecule has 0 saturated heterocycles. The molecule has 0 fully saturated rings. The van der Waals surface area contributed by atoms with E-state index in [1.807, 2.05) is 0 Å². The van der Waals surface area contributed by atoms with Crippen LogP contribution in [0.25, 0.3) is 11.1 Å². The molecule has 70 valence electrons. The Bertz CT molecular complexity index is 513. The molecule has 0 aliphatic heterocycles. The number of nitrogens with one attached hydrogen (secondary N) is 1. The largest absolute Gasteiger partial charge is 0.329 e. The van der Waals surface area contributed by atoms with Crippen molar-refractivity contribution in [3.63, 3.8) is 0 Å². The SMILES string of the molecule is O=Cc1cc(-c2ccc[nH]c2=O)cs1. The van der Waals surface area contributed by atoms with E-state index in [0.717, 1.165) is 11.8 Å². The summed E-state index contributed by atoms with van der Waals surface area (Å²) in [4.78, 5) is 25.1. The van der Waals surface area contributed by atoms with Gasteiger partial charge in [-0.1, -0.05) is 0 Å². The highest BCUT2D eigenvalue weighted by atomic mass is 32.1. The van der Waals surface area contributed by atoms with Crippen molar-refractivity contribution in [3.8, 4) is 11.1 Å². The number of H-pyrrole nitrogens is 1. The van der Waals surface area contributed by atoms with E-state index in [-0.39, 0.29) is 5.56 Å². The predicted molar refractivity (Wildman–Crippen MR) is 55.8 cm³/mol. The molecule has 0 aromatic carbocycles. The number of thiophene rings is 1. The van der Waals surface area contributed by atoms with Crippen LogP contribution in [0.4, 0.5) is 0 Å². The summed E-state index contributed by atoms with van der Waals surface area (Å²) < 4.78 is 0. The molecule has 2 heterocycles. The molecule has 0 spiro atoms. The van der Waals surface area contributed by atoms with E-state index < -0.39 is 0 Å². The molecule has 0 bridgehead atoms. The summed E-state index contributed by atoms with van der Waals surface area (Å²) in [7, 11) is 0. The van der Waals surface area contributed by atoms with Gasteiger partial charge in [0.15, 0.2) is 6.29 Å². The number of hydrogen-bond donors (Lipinski definition) is 1. The smallest absolute Gasteiger partial charge is 0.255 e. The monoisotopic (exact) mass is 205 g/mol. The first-order chi connectivity index (χ1) is 6.81. The van der Waals surface area contributed by atoms with E-state index in [1.54, 1.807) is 29.8 Å². The number of aromatic nitrogens is 1. The number of aromatic amines is 1. The van der Waals surface area contributed by atoms with Crippen molar-refractivity contribution in [2.75, 3.05) is 0 Å². The zero-order valence-corrected chi connectivity index (χ0v) is 8.01. The zero-order valence-electron chi connectivity index (χ0n) is 7.19. The predicted octanol–water partition coefficient (Wildman–Crippen LogP) is 1.92. The van der Waals surface area contributed by atoms with Gasteiger partial charge in [-0.2, -0.15) is 0 Å². The first kappa shape index (κ1) is 8.90. The second kappa shape index (κ2) is 3.59. The van der Waals surface area contributed by atoms with E-state index in [1.165, 1.54) is 11.3 Å². The molecule has 2 rings (SSSR count). The Morgan fingerprint density at radius 3 is 2.93 bits per heavy atom. The summed E-state index contributed by atoms with van der Waals surface area (Å²) in [5.41, 5.74) is 1.25. The Kier molecular flexibility index (Phi) is 2.28. The van der Waals surface area contributed by atoms with Gasteiger partial charge in [-0.25, -0.2) is 0 Å². The Morgan fingerprint density at radius 2 is 2.29 bits per heavy atom. The lowest BCUT2D eigenvalue weighted by molar-refractivity contribution is 0.112. The van der Waals surface area contributed by atoms with Crippen LogP contribution < -0.4 is 5.56 Å². The summed E-state index contributed by atoms with van der Waals surface area (Å²) in [6.07, 6.45) is 2.37. The van der Waals surface area contributed by atoms with Crippen LogP contribution in [-0.2, 0) is 0 Å². The van der Waals surface area contributed by atoms with Crippen molar-refractivity contribution < 1.29 is 4.79 Å². The minimum Gasteiger partial charge on any atom is -0.329 e. The highest BCUT2D eigenvalue weighted by Crippen LogP contribution is 2.21. The van der Waals surface area contributed by atoms with Crippen molar-refractivity contribution in [1.82, 2.24) is 4.98 Å². The van der Waals surface area contributed by atoms with E-state index in [9.17, 15) is 9.59 Å². The average Bonchev–Trinajstić information content (AvgIpc) is 2.67. The first-order valence-corrected chi connectivity index (χ1v) is 4.91. The molecule has 4 heteroatoms. The third-order valence-corrected chi connectivity index (χ3v) is 2.72. The molecular formula is C10H7NO2S. The zero-order chi connectivity index (χ0) is 9.97. The van der Waals surface area contributed by atoms with Gasteiger partial charge in [-0.15, -0.1) is 11.3 Å². The highest BCUT2D eigenvalue weighted by molar-refractivity contribution is 7.12. The lowest BCUT2D eigenvalue weighted by Gasteiger charge is -1.93.